The number of hydrogen-bond acceptors (Lipinski definition) is 3. The van der Waals surface area contributed by atoms with Crippen LogP contribution in [0.25, 0.3) is 0 Å². The van der Waals surface area contributed by atoms with Crippen molar-refractivity contribution in [3.63, 3.8) is 0 Å². The van der Waals surface area contributed by atoms with Crippen molar-refractivity contribution in [1.82, 2.24) is 4.90 Å². The summed E-state index contributed by atoms with van der Waals surface area (Å²) in [6.45, 7) is 3.62. The van der Waals surface area contributed by atoms with E-state index in [-0.39, 0.29) is 0 Å². The molecular formula is C18H27NO2. The molecule has 0 bridgehead atoms. The Bertz CT molecular complexity index is 512. The summed E-state index contributed by atoms with van der Waals surface area (Å²) < 4.78 is 10.9. The molecule has 2 fully saturated rings. The van der Waals surface area contributed by atoms with Gasteiger partial charge in [-0.05, 0) is 56.5 Å². The number of fused-ring (bicyclic) bond motifs is 1. The van der Waals surface area contributed by atoms with Crippen LogP contribution in [0.3, 0.4) is 0 Å². The number of methoxy groups -OCH3 is 2. The van der Waals surface area contributed by atoms with E-state index in [0.717, 1.165) is 17.4 Å². The summed E-state index contributed by atoms with van der Waals surface area (Å²) in [5, 5.41) is 0. The van der Waals surface area contributed by atoms with Crippen LogP contribution in [0.5, 0.6) is 11.5 Å². The van der Waals surface area contributed by atoms with Gasteiger partial charge in [0.25, 0.3) is 0 Å². The molecule has 2 unspecified atom stereocenters. The molecule has 1 aliphatic carbocycles. The topological polar surface area (TPSA) is 21.7 Å². The van der Waals surface area contributed by atoms with E-state index in [1.165, 1.54) is 37.8 Å². The van der Waals surface area contributed by atoms with Gasteiger partial charge in [0.1, 0.15) is 0 Å². The lowest BCUT2D eigenvalue weighted by molar-refractivity contribution is 0.125. The molecular weight excluding hydrogens is 262 g/mol. The van der Waals surface area contributed by atoms with Crippen molar-refractivity contribution in [3.05, 3.63) is 23.8 Å². The number of likely N-dealkylation sites (N-methyl/N-ethyl adjacent to an activating group) is 1. The number of rotatable bonds is 3. The Morgan fingerprint density at radius 3 is 2.62 bits per heavy atom. The minimum atomic E-state index is 0.298. The van der Waals surface area contributed by atoms with Gasteiger partial charge in [0, 0.05) is 11.5 Å². The highest BCUT2D eigenvalue weighted by atomic mass is 16.5. The van der Waals surface area contributed by atoms with Crippen LogP contribution in [0.1, 0.15) is 38.2 Å². The lowest BCUT2D eigenvalue weighted by atomic mass is 9.63. The molecule has 3 heteroatoms. The summed E-state index contributed by atoms with van der Waals surface area (Å²) in [7, 11) is 5.71. The van der Waals surface area contributed by atoms with E-state index >= 15 is 0 Å². The van der Waals surface area contributed by atoms with Gasteiger partial charge in [-0.2, -0.15) is 0 Å². The molecule has 0 aromatic heterocycles. The zero-order valence-corrected chi connectivity index (χ0v) is 13.7. The Kier molecular flexibility index (Phi) is 3.87. The van der Waals surface area contributed by atoms with Crippen LogP contribution in [-0.2, 0) is 5.41 Å². The summed E-state index contributed by atoms with van der Waals surface area (Å²) >= 11 is 0. The van der Waals surface area contributed by atoms with Gasteiger partial charge in [-0.25, -0.2) is 0 Å². The highest BCUT2D eigenvalue weighted by Gasteiger charge is 2.51. The maximum Gasteiger partial charge on any atom is 0.161 e. The molecule has 1 aliphatic heterocycles. The predicted octanol–water partition coefficient (Wildman–Crippen LogP) is 3.47. The van der Waals surface area contributed by atoms with Gasteiger partial charge < -0.3 is 14.4 Å². The minimum absolute atomic E-state index is 0.298. The van der Waals surface area contributed by atoms with Gasteiger partial charge >= 0.3 is 0 Å². The Morgan fingerprint density at radius 1 is 1.14 bits per heavy atom. The molecule has 3 nitrogen and oxygen atoms in total. The number of likely N-dealkylation sites (tertiary alicyclic amines) is 1. The van der Waals surface area contributed by atoms with E-state index in [2.05, 4.69) is 37.1 Å². The van der Waals surface area contributed by atoms with E-state index in [9.17, 15) is 0 Å². The van der Waals surface area contributed by atoms with Gasteiger partial charge in [0.15, 0.2) is 11.5 Å². The summed E-state index contributed by atoms with van der Waals surface area (Å²) in [5.41, 5.74) is 1.73. The fourth-order valence-corrected chi connectivity index (χ4v) is 4.84. The summed E-state index contributed by atoms with van der Waals surface area (Å²) in [6, 6.07) is 7.19. The normalized spacial score (nSPS) is 32.8. The fraction of sp³-hybridized carbons (Fsp3) is 0.667. The first kappa shape index (κ1) is 14.7. The molecule has 2 aliphatic rings. The fourth-order valence-electron chi connectivity index (χ4n) is 4.84. The molecule has 0 N–H and O–H groups in total. The first-order valence-corrected chi connectivity index (χ1v) is 8.05. The molecule has 1 aromatic rings. The van der Waals surface area contributed by atoms with Crippen LogP contribution in [0.4, 0.5) is 0 Å². The molecule has 116 valence electrons. The molecule has 0 radical (unpaired) electrons. The maximum atomic E-state index is 5.53. The molecule has 21 heavy (non-hydrogen) atoms. The van der Waals surface area contributed by atoms with Crippen molar-refractivity contribution in [1.29, 1.82) is 0 Å². The van der Waals surface area contributed by atoms with Crippen molar-refractivity contribution in [3.8, 4) is 11.5 Å². The molecule has 1 aromatic carbocycles. The van der Waals surface area contributed by atoms with Crippen LogP contribution in [-0.4, -0.2) is 38.8 Å². The van der Waals surface area contributed by atoms with Crippen LogP contribution >= 0.6 is 0 Å². The highest BCUT2D eigenvalue weighted by Crippen LogP contribution is 2.51. The zero-order chi connectivity index (χ0) is 15.0. The predicted molar refractivity (Wildman–Crippen MR) is 85.3 cm³/mol. The van der Waals surface area contributed by atoms with Gasteiger partial charge in [0.2, 0.25) is 0 Å². The Morgan fingerprint density at radius 2 is 1.90 bits per heavy atom. The first-order chi connectivity index (χ1) is 10.1. The lowest BCUT2D eigenvalue weighted by Crippen LogP contribution is -2.48. The van der Waals surface area contributed by atoms with Crippen molar-refractivity contribution >= 4 is 0 Å². The lowest BCUT2D eigenvalue weighted by Gasteiger charge is -2.45. The van der Waals surface area contributed by atoms with Crippen LogP contribution < -0.4 is 9.47 Å². The number of benzene rings is 1. The molecule has 0 spiro atoms. The second kappa shape index (κ2) is 5.53. The Balaban J connectivity index is 2.04. The van der Waals surface area contributed by atoms with E-state index in [1.54, 1.807) is 14.2 Å². The van der Waals surface area contributed by atoms with Crippen molar-refractivity contribution in [2.24, 2.45) is 5.92 Å². The van der Waals surface area contributed by atoms with Crippen molar-refractivity contribution in [2.75, 3.05) is 27.8 Å². The minimum Gasteiger partial charge on any atom is -0.493 e. The third kappa shape index (κ3) is 2.22. The highest BCUT2D eigenvalue weighted by molar-refractivity contribution is 5.46. The maximum absolute atomic E-state index is 5.53. The molecule has 3 atom stereocenters. The average molecular weight is 289 g/mol. The van der Waals surface area contributed by atoms with Crippen molar-refractivity contribution in [2.45, 2.75) is 44.1 Å². The Labute approximate surface area is 128 Å². The van der Waals surface area contributed by atoms with E-state index in [0.29, 0.717) is 11.5 Å². The van der Waals surface area contributed by atoms with Gasteiger partial charge in [-0.3, -0.25) is 0 Å². The van der Waals surface area contributed by atoms with Gasteiger partial charge in [-0.15, -0.1) is 0 Å². The molecule has 0 amide bonds. The zero-order valence-electron chi connectivity index (χ0n) is 13.7. The largest absolute Gasteiger partial charge is 0.493 e. The SMILES string of the molecule is COc1ccc([C@@]23CCCC(C)C2N(C)CC3)cc1OC. The average Bonchev–Trinajstić information content (AvgIpc) is 2.86. The van der Waals surface area contributed by atoms with Crippen LogP contribution in [0, 0.1) is 5.92 Å². The molecule has 1 saturated heterocycles. The molecule has 1 heterocycles. The van der Waals surface area contributed by atoms with Gasteiger partial charge in [-0.1, -0.05) is 19.4 Å². The van der Waals surface area contributed by atoms with Gasteiger partial charge in [0.05, 0.1) is 14.2 Å². The summed E-state index contributed by atoms with van der Waals surface area (Å²) in [6.07, 6.45) is 5.24. The van der Waals surface area contributed by atoms with E-state index in [1.807, 2.05) is 0 Å². The summed E-state index contributed by atoms with van der Waals surface area (Å²) in [4.78, 5) is 2.57. The molecule has 3 rings (SSSR count). The third-order valence-corrected chi connectivity index (χ3v) is 5.73. The second-order valence-corrected chi connectivity index (χ2v) is 6.77. The second-order valence-electron chi connectivity index (χ2n) is 6.77. The third-order valence-electron chi connectivity index (χ3n) is 5.73. The molecule has 1 saturated carbocycles. The van der Waals surface area contributed by atoms with Crippen molar-refractivity contribution < 1.29 is 9.47 Å². The van der Waals surface area contributed by atoms with E-state index < -0.39 is 0 Å². The van der Waals surface area contributed by atoms with E-state index in [4.69, 9.17) is 9.47 Å². The quantitative estimate of drug-likeness (QED) is 0.850. The monoisotopic (exact) mass is 289 g/mol. The smallest absolute Gasteiger partial charge is 0.161 e. The van der Waals surface area contributed by atoms with Crippen LogP contribution in [0.2, 0.25) is 0 Å². The standard InChI is InChI=1S/C18H27NO2/c1-13-6-5-9-18(10-11-19(2)17(13)18)14-7-8-15(20-3)16(12-14)21-4/h7-8,12-13,17H,5-6,9-11H2,1-4H3/t13?,17?,18-/m0/s1. The number of ether oxygens (including phenoxy) is 2. The first-order valence-electron chi connectivity index (χ1n) is 8.05. The number of hydrogen-bond donors (Lipinski definition) is 0. The number of nitrogens with zero attached hydrogens (tertiary/aromatic N) is 1. The summed E-state index contributed by atoms with van der Waals surface area (Å²) in [5.74, 6) is 2.44. The Hall–Kier alpha value is -1.22. The van der Waals surface area contributed by atoms with Crippen LogP contribution in [0.15, 0.2) is 18.2 Å².